The molecular weight excluding hydrogens is 174 g/mol. The number of hydrogen-bond acceptors (Lipinski definition) is 4. The number of aromatic nitrogens is 2. The van der Waals surface area contributed by atoms with Gasteiger partial charge in [0.2, 0.25) is 6.41 Å². The van der Waals surface area contributed by atoms with E-state index in [2.05, 4.69) is 14.9 Å². The normalized spacial score (nSPS) is 10.0. The van der Waals surface area contributed by atoms with Crippen LogP contribution < -0.4 is 5.32 Å². The number of benzene rings is 1. The van der Waals surface area contributed by atoms with E-state index in [1.807, 2.05) is 12.1 Å². The molecule has 0 unspecified atom stereocenters. The predicted molar refractivity (Wildman–Crippen MR) is 47.1 cm³/mol. The lowest BCUT2D eigenvalue weighted by atomic mass is 10.3. The fourth-order valence-electron chi connectivity index (χ4n) is 0.936. The van der Waals surface area contributed by atoms with Crippen LogP contribution in [0.5, 0.6) is 0 Å². The van der Waals surface area contributed by atoms with E-state index < -0.39 is 0 Å². The summed E-state index contributed by atoms with van der Waals surface area (Å²) >= 11 is 1.31. The van der Waals surface area contributed by atoms with Crippen molar-refractivity contribution >= 4 is 33.8 Å². The molecule has 12 heavy (non-hydrogen) atoms. The zero-order valence-corrected chi connectivity index (χ0v) is 6.84. The number of carbonyl (C=O) groups is 1. The van der Waals surface area contributed by atoms with Gasteiger partial charge in [-0.2, -0.15) is 0 Å². The molecule has 0 saturated carbocycles. The minimum absolute atomic E-state index is 0.648. The third-order valence-electron chi connectivity index (χ3n) is 1.47. The van der Waals surface area contributed by atoms with Gasteiger partial charge in [-0.05, 0) is 29.7 Å². The van der Waals surface area contributed by atoms with E-state index in [9.17, 15) is 4.79 Å². The second kappa shape index (κ2) is 2.86. The van der Waals surface area contributed by atoms with Crippen LogP contribution >= 0.6 is 11.5 Å². The lowest BCUT2D eigenvalue weighted by molar-refractivity contribution is -0.105. The van der Waals surface area contributed by atoms with Crippen LogP contribution in [0.3, 0.4) is 0 Å². The van der Waals surface area contributed by atoms with Gasteiger partial charge in [-0.15, -0.1) is 5.10 Å². The molecule has 1 aromatic carbocycles. The first-order valence-corrected chi connectivity index (χ1v) is 4.10. The Balaban J connectivity index is 2.52. The maximum atomic E-state index is 10.1. The summed E-state index contributed by atoms with van der Waals surface area (Å²) in [5.41, 5.74) is 1.62. The van der Waals surface area contributed by atoms with Crippen molar-refractivity contribution in [3.63, 3.8) is 0 Å². The third-order valence-corrected chi connectivity index (χ3v) is 2.16. The summed E-state index contributed by atoms with van der Waals surface area (Å²) in [7, 11) is 0. The fraction of sp³-hybridized carbons (Fsp3) is 0. The van der Waals surface area contributed by atoms with Crippen LogP contribution in [0.1, 0.15) is 0 Å². The molecule has 0 spiro atoms. The van der Waals surface area contributed by atoms with Crippen LogP contribution in [-0.2, 0) is 4.79 Å². The summed E-state index contributed by atoms with van der Waals surface area (Å²) in [6, 6.07) is 5.46. The Kier molecular flexibility index (Phi) is 1.71. The Morgan fingerprint density at radius 2 is 2.42 bits per heavy atom. The molecule has 2 aromatic rings. The Hall–Kier alpha value is -1.49. The lowest BCUT2D eigenvalue weighted by Crippen LogP contribution is -1.92. The van der Waals surface area contributed by atoms with Crippen LogP contribution in [0.15, 0.2) is 18.2 Å². The quantitative estimate of drug-likeness (QED) is 0.706. The van der Waals surface area contributed by atoms with E-state index in [0.717, 1.165) is 15.9 Å². The van der Waals surface area contributed by atoms with Crippen molar-refractivity contribution < 1.29 is 4.79 Å². The molecule has 0 aliphatic rings. The molecule has 1 aromatic heterocycles. The van der Waals surface area contributed by atoms with Gasteiger partial charge < -0.3 is 5.32 Å². The molecular formula is C7H5N3OS. The van der Waals surface area contributed by atoms with Crippen molar-refractivity contribution in [2.75, 3.05) is 5.32 Å². The minimum Gasteiger partial charge on any atom is -0.329 e. The number of amides is 1. The molecule has 0 saturated heterocycles. The topological polar surface area (TPSA) is 54.9 Å². The lowest BCUT2D eigenvalue weighted by Gasteiger charge is -1.95. The van der Waals surface area contributed by atoms with Crippen LogP contribution in [0.2, 0.25) is 0 Å². The van der Waals surface area contributed by atoms with E-state index >= 15 is 0 Å². The van der Waals surface area contributed by atoms with Crippen molar-refractivity contribution in [3.05, 3.63) is 18.2 Å². The SMILES string of the molecule is O=CNc1ccc2nnsc2c1. The Morgan fingerprint density at radius 1 is 1.50 bits per heavy atom. The number of carbonyl (C=O) groups excluding carboxylic acids is 1. The van der Waals surface area contributed by atoms with Gasteiger partial charge in [0.15, 0.2) is 0 Å². The summed E-state index contributed by atoms with van der Waals surface area (Å²) in [6.07, 6.45) is 0.648. The monoisotopic (exact) mass is 179 g/mol. The second-order valence-electron chi connectivity index (χ2n) is 2.22. The Labute approximate surface area is 72.4 Å². The smallest absolute Gasteiger partial charge is 0.211 e. The van der Waals surface area contributed by atoms with Gasteiger partial charge in [0.25, 0.3) is 0 Å². The minimum atomic E-state index is 0.648. The number of rotatable bonds is 2. The molecule has 1 amide bonds. The predicted octanol–water partition coefficient (Wildman–Crippen LogP) is 1.26. The van der Waals surface area contributed by atoms with Crippen molar-refractivity contribution in [2.45, 2.75) is 0 Å². The van der Waals surface area contributed by atoms with Gasteiger partial charge in [-0.1, -0.05) is 4.49 Å². The second-order valence-corrected chi connectivity index (χ2v) is 3.00. The van der Waals surface area contributed by atoms with Gasteiger partial charge >= 0.3 is 0 Å². The highest BCUT2D eigenvalue weighted by Crippen LogP contribution is 2.19. The molecule has 2 rings (SSSR count). The molecule has 4 nitrogen and oxygen atoms in total. The summed E-state index contributed by atoms with van der Waals surface area (Å²) in [4.78, 5) is 10.1. The average molecular weight is 179 g/mol. The van der Waals surface area contributed by atoms with Crippen LogP contribution in [0.25, 0.3) is 10.2 Å². The Bertz CT molecular complexity index is 412. The van der Waals surface area contributed by atoms with E-state index in [4.69, 9.17) is 0 Å². The Morgan fingerprint density at radius 3 is 3.25 bits per heavy atom. The van der Waals surface area contributed by atoms with Crippen molar-refractivity contribution in [1.82, 2.24) is 9.59 Å². The molecule has 0 atom stereocenters. The van der Waals surface area contributed by atoms with E-state index in [0.29, 0.717) is 6.41 Å². The molecule has 0 bridgehead atoms. The van der Waals surface area contributed by atoms with Crippen molar-refractivity contribution in [3.8, 4) is 0 Å². The largest absolute Gasteiger partial charge is 0.329 e. The van der Waals surface area contributed by atoms with Gasteiger partial charge in [0.05, 0.1) is 4.70 Å². The summed E-state index contributed by atoms with van der Waals surface area (Å²) in [5.74, 6) is 0. The third kappa shape index (κ3) is 1.14. The number of nitrogens with zero attached hydrogens (tertiary/aromatic N) is 2. The van der Waals surface area contributed by atoms with Crippen molar-refractivity contribution in [1.29, 1.82) is 0 Å². The van der Waals surface area contributed by atoms with E-state index in [-0.39, 0.29) is 0 Å². The molecule has 1 heterocycles. The van der Waals surface area contributed by atoms with Crippen LogP contribution in [0.4, 0.5) is 5.69 Å². The first kappa shape index (κ1) is 7.17. The summed E-state index contributed by atoms with van der Waals surface area (Å²) < 4.78 is 4.75. The maximum Gasteiger partial charge on any atom is 0.211 e. The first-order valence-electron chi connectivity index (χ1n) is 3.32. The number of nitrogens with one attached hydrogen (secondary N) is 1. The van der Waals surface area contributed by atoms with Gasteiger partial charge in [0.1, 0.15) is 5.52 Å². The highest BCUT2D eigenvalue weighted by Gasteiger charge is 1.98. The number of anilines is 1. The zero-order chi connectivity index (χ0) is 8.39. The first-order chi connectivity index (χ1) is 5.90. The molecule has 1 N–H and O–H groups in total. The summed E-state index contributed by atoms with van der Waals surface area (Å²) in [6.45, 7) is 0. The van der Waals surface area contributed by atoms with Gasteiger partial charge in [0, 0.05) is 5.69 Å². The fourth-order valence-corrected chi connectivity index (χ4v) is 1.53. The maximum absolute atomic E-state index is 10.1. The van der Waals surface area contributed by atoms with Gasteiger partial charge in [-0.3, -0.25) is 4.79 Å². The molecule has 5 heteroatoms. The van der Waals surface area contributed by atoms with Crippen LogP contribution in [0, 0.1) is 0 Å². The van der Waals surface area contributed by atoms with E-state index in [1.54, 1.807) is 6.07 Å². The van der Waals surface area contributed by atoms with Crippen LogP contribution in [-0.4, -0.2) is 16.0 Å². The van der Waals surface area contributed by atoms with Crippen molar-refractivity contribution in [2.24, 2.45) is 0 Å². The standard InChI is InChI=1S/C7H5N3OS/c11-4-8-5-1-2-6-7(3-5)12-10-9-6/h1-4H,(H,8,11). The van der Waals surface area contributed by atoms with E-state index in [1.165, 1.54) is 11.5 Å². The number of fused-ring (bicyclic) bond motifs is 1. The summed E-state index contributed by atoms with van der Waals surface area (Å²) in [5, 5.41) is 6.43. The zero-order valence-electron chi connectivity index (χ0n) is 6.02. The molecule has 0 aliphatic carbocycles. The molecule has 0 aliphatic heterocycles. The molecule has 0 fully saturated rings. The number of hydrogen-bond donors (Lipinski definition) is 1. The average Bonchev–Trinajstić information content (AvgIpc) is 2.51. The molecule has 0 radical (unpaired) electrons. The van der Waals surface area contributed by atoms with Gasteiger partial charge in [-0.25, -0.2) is 0 Å². The highest BCUT2D eigenvalue weighted by molar-refractivity contribution is 7.12. The molecule has 60 valence electrons. The highest BCUT2D eigenvalue weighted by atomic mass is 32.1.